The number of nitrogens with one attached hydrogen (secondary N) is 1. The monoisotopic (exact) mass is 261 g/mol. The largest absolute Gasteiger partial charge is 0.468 e. The van der Waals surface area contributed by atoms with E-state index in [0.717, 1.165) is 37.2 Å². The van der Waals surface area contributed by atoms with Gasteiger partial charge < -0.3 is 9.84 Å². The van der Waals surface area contributed by atoms with E-state index in [0.29, 0.717) is 6.04 Å². The predicted molar refractivity (Wildman–Crippen MR) is 70.2 cm³/mol. The van der Waals surface area contributed by atoms with E-state index in [4.69, 9.17) is 9.84 Å². The van der Waals surface area contributed by atoms with Crippen LogP contribution in [-0.4, -0.2) is 47.9 Å². The van der Waals surface area contributed by atoms with Crippen molar-refractivity contribution in [2.45, 2.75) is 44.2 Å². The van der Waals surface area contributed by atoms with Gasteiger partial charge in [-0.15, -0.1) is 0 Å². The summed E-state index contributed by atoms with van der Waals surface area (Å²) < 4.78 is 4.87. The maximum atomic E-state index is 11.8. The number of aliphatic hydroxyl groups excluding tert-OH is 1. The van der Waals surface area contributed by atoms with Crippen LogP contribution < -0.4 is 5.32 Å². The van der Waals surface area contributed by atoms with Crippen LogP contribution in [-0.2, 0) is 9.53 Å². The minimum absolute atomic E-state index is 0.170. The summed E-state index contributed by atoms with van der Waals surface area (Å²) in [6.07, 6.45) is 4.06. The van der Waals surface area contributed by atoms with Crippen molar-refractivity contribution in [1.29, 1.82) is 0 Å². The highest BCUT2D eigenvalue weighted by Crippen LogP contribution is 2.26. The minimum Gasteiger partial charge on any atom is -0.468 e. The van der Waals surface area contributed by atoms with Gasteiger partial charge in [0.25, 0.3) is 0 Å². The van der Waals surface area contributed by atoms with Crippen molar-refractivity contribution < 1.29 is 14.6 Å². The molecule has 4 nitrogen and oxygen atoms in total. The van der Waals surface area contributed by atoms with Crippen LogP contribution in [0, 0.1) is 0 Å². The van der Waals surface area contributed by atoms with Gasteiger partial charge in [-0.25, -0.2) is 0 Å². The first-order valence-electron chi connectivity index (χ1n) is 6.17. The van der Waals surface area contributed by atoms with Crippen molar-refractivity contribution in [3.8, 4) is 0 Å². The number of thioether (sulfide) groups is 1. The summed E-state index contributed by atoms with van der Waals surface area (Å²) in [7, 11) is 1.44. The molecule has 0 aromatic heterocycles. The molecule has 100 valence electrons. The molecule has 1 atom stereocenters. The predicted octanol–water partition coefficient (Wildman–Crippen LogP) is 1.18. The minimum atomic E-state index is -0.546. The highest BCUT2D eigenvalue weighted by molar-refractivity contribution is 7.99. The summed E-state index contributed by atoms with van der Waals surface area (Å²) in [5.41, 5.74) is -0.546. The topological polar surface area (TPSA) is 58.6 Å². The van der Waals surface area contributed by atoms with Crippen LogP contribution in [0.3, 0.4) is 0 Å². The molecule has 0 heterocycles. The molecule has 0 aromatic carbocycles. The van der Waals surface area contributed by atoms with Crippen molar-refractivity contribution in [2.75, 3.05) is 25.2 Å². The second kappa shape index (κ2) is 7.24. The van der Waals surface area contributed by atoms with E-state index in [1.54, 1.807) is 11.8 Å². The van der Waals surface area contributed by atoms with Gasteiger partial charge in [-0.1, -0.05) is 0 Å². The standard InChI is InChI=1S/C12H23NO3S/c1-12(11(15)16-2,13-10-4-5-10)6-3-8-17-9-7-14/h10,13-14H,3-9H2,1-2H3. The summed E-state index contributed by atoms with van der Waals surface area (Å²) in [5, 5.41) is 12.0. The highest BCUT2D eigenvalue weighted by Gasteiger charge is 2.38. The average molecular weight is 261 g/mol. The highest BCUT2D eigenvalue weighted by atomic mass is 32.2. The van der Waals surface area contributed by atoms with Gasteiger partial charge in [-0.05, 0) is 38.4 Å². The smallest absolute Gasteiger partial charge is 0.325 e. The van der Waals surface area contributed by atoms with Crippen LogP contribution in [0.5, 0.6) is 0 Å². The van der Waals surface area contributed by atoms with Crippen molar-refractivity contribution in [3.63, 3.8) is 0 Å². The molecule has 1 fully saturated rings. The normalized spacial score (nSPS) is 18.8. The first-order valence-corrected chi connectivity index (χ1v) is 7.32. The lowest BCUT2D eigenvalue weighted by atomic mass is 9.96. The second-order valence-corrected chi connectivity index (χ2v) is 5.91. The van der Waals surface area contributed by atoms with Crippen molar-refractivity contribution >= 4 is 17.7 Å². The van der Waals surface area contributed by atoms with Crippen molar-refractivity contribution in [1.82, 2.24) is 5.32 Å². The fourth-order valence-corrected chi connectivity index (χ4v) is 2.51. The van der Waals surface area contributed by atoms with E-state index >= 15 is 0 Å². The quantitative estimate of drug-likeness (QED) is 0.482. The number of hydrogen-bond donors (Lipinski definition) is 2. The first-order chi connectivity index (χ1) is 8.12. The number of carbonyl (C=O) groups is 1. The van der Waals surface area contributed by atoms with Crippen LogP contribution in [0.15, 0.2) is 0 Å². The maximum Gasteiger partial charge on any atom is 0.325 e. The molecule has 17 heavy (non-hydrogen) atoms. The summed E-state index contributed by atoms with van der Waals surface area (Å²) in [4.78, 5) is 11.8. The van der Waals surface area contributed by atoms with Gasteiger partial charge in [-0.2, -0.15) is 11.8 Å². The fraction of sp³-hybridized carbons (Fsp3) is 0.917. The molecule has 5 heteroatoms. The van der Waals surface area contributed by atoms with Crippen LogP contribution in [0.4, 0.5) is 0 Å². The number of ether oxygens (including phenoxy) is 1. The Kier molecular flexibility index (Phi) is 6.30. The van der Waals surface area contributed by atoms with Gasteiger partial charge in [0.05, 0.1) is 13.7 Å². The number of methoxy groups -OCH3 is 1. The zero-order chi connectivity index (χ0) is 12.7. The fourth-order valence-electron chi connectivity index (χ4n) is 1.83. The molecule has 0 aliphatic heterocycles. The van der Waals surface area contributed by atoms with Gasteiger partial charge in [0.1, 0.15) is 5.54 Å². The molecule has 1 saturated carbocycles. The molecule has 0 aromatic rings. The van der Waals surface area contributed by atoms with Crippen LogP contribution in [0.1, 0.15) is 32.6 Å². The number of carbonyl (C=O) groups excluding carboxylic acids is 1. The third kappa shape index (κ3) is 5.27. The Morgan fingerprint density at radius 1 is 1.53 bits per heavy atom. The van der Waals surface area contributed by atoms with Gasteiger partial charge in [0.15, 0.2) is 0 Å². The maximum absolute atomic E-state index is 11.8. The number of rotatable bonds is 9. The Balaban J connectivity index is 2.31. The van der Waals surface area contributed by atoms with E-state index in [1.165, 1.54) is 7.11 Å². The lowest BCUT2D eigenvalue weighted by Crippen LogP contribution is -2.51. The van der Waals surface area contributed by atoms with E-state index in [1.807, 2.05) is 6.92 Å². The third-order valence-corrected chi connectivity index (χ3v) is 3.99. The second-order valence-electron chi connectivity index (χ2n) is 4.68. The Morgan fingerprint density at radius 2 is 2.24 bits per heavy atom. The molecule has 1 rings (SSSR count). The summed E-state index contributed by atoms with van der Waals surface area (Å²) in [6.45, 7) is 2.15. The molecule has 1 unspecified atom stereocenters. The lowest BCUT2D eigenvalue weighted by Gasteiger charge is -2.28. The molecule has 0 spiro atoms. The van der Waals surface area contributed by atoms with Crippen LogP contribution in [0.2, 0.25) is 0 Å². The third-order valence-electron chi connectivity index (χ3n) is 2.94. The lowest BCUT2D eigenvalue weighted by molar-refractivity contribution is -0.148. The Labute approximate surface area is 107 Å². The van der Waals surface area contributed by atoms with Gasteiger partial charge >= 0.3 is 5.97 Å². The molecule has 0 bridgehead atoms. The van der Waals surface area contributed by atoms with Crippen molar-refractivity contribution in [3.05, 3.63) is 0 Å². The van der Waals surface area contributed by atoms with Gasteiger partial charge in [0, 0.05) is 11.8 Å². The van der Waals surface area contributed by atoms with Crippen LogP contribution in [0.25, 0.3) is 0 Å². The van der Waals surface area contributed by atoms with E-state index in [-0.39, 0.29) is 12.6 Å². The molecule has 0 amide bonds. The molecule has 1 aliphatic carbocycles. The Morgan fingerprint density at radius 3 is 2.76 bits per heavy atom. The van der Waals surface area contributed by atoms with E-state index < -0.39 is 5.54 Å². The van der Waals surface area contributed by atoms with Crippen molar-refractivity contribution in [2.24, 2.45) is 0 Å². The van der Waals surface area contributed by atoms with E-state index in [9.17, 15) is 4.79 Å². The number of hydrogen-bond acceptors (Lipinski definition) is 5. The number of esters is 1. The first kappa shape index (κ1) is 14.8. The van der Waals surface area contributed by atoms with Gasteiger partial charge in [0.2, 0.25) is 0 Å². The Bertz CT molecular complexity index is 246. The van der Waals surface area contributed by atoms with Crippen LogP contribution >= 0.6 is 11.8 Å². The molecule has 1 aliphatic rings. The summed E-state index contributed by atoms with van der Waals surface area (Å²) >= 11 is 1.72. The summed E-state index contributed by atoms with van der Waals surface area (Å²) in [6, 6.07) is 0.490. The van der Waals surface area contributed by atoms with Gasteiger partial charge in [-0.3, -0.25) is 10.1 Å². The molecular formula is C12H23NO3S. The molecule has 2 N–H and O–H groups in total. The Hall–Kier alpha value is -0.260. The summed E-state index contributed by atoms with van der Waals surface area (Å²) in [5.74, 6) is 1.57. The number of aliphatic hydroxyl groups is 1. The zero-order valence-corrected chi connectivity index (χ0v) is 11.5. The van der Waals surface area contributed by atoms with E-state index in [2.05, 4.69) is 5.32 Å². The molecule has 0 radical (unpaired) electrons. The molecular weight excluding hydrogens is 238 g/mol. The molecule has 0 saturated heterocycles. The average Bonchev–Trinajstić information content (AvgIpc) is 3.11. The SMILES string of the molecule is COC(=O)C(C)(CCCSCCO)NC1CC1. The zero-order valence-electron chi connectivity index (χ0n) is 10.7.